The molecule has 6 nitrogen and oxygen atoms in total. The van der Waals surface area contributed by atoms with Crippen molar-refractivity contribution in [1.29, 1.82) is 0 Å². The number of carbonyl (C=O) groups excluding carboxylic acids is 1. The number of hydrogen-bond donors (Lipinski definition) is 1. The number of methoxy groups -OCH3 is 1. The molecule has 1 saturated carbocycles. The van der Waals surface area contributed by atoms with Gasteiger partial charge in [0.1, 0.15) is 5.76 Å². The minimum atomic E-state index is -0.264. The van der Waals surface area contributed by atoms with Crippen molar-refractivity contribution < 1.29 is 13.9 Å². The van der Waals surface area contributed by atoms with E-state index < -0.39 is 0 Å². The summed E-state index contributed by atoms with van der Waals surface area (Å²) in [5, 5.41) is 2.71. The summed E-state index contributed by atoms with van der Waals surface area (Å²) in [6.07, 6.45) is 2.69. The fraction of sp³-hybridized carbons (Fsp3) is 0.692. The summed E-state index contributed by atoms with van der Waals surface area (Å²) in [4.78, 5) is 18.4. The van der Waals surface area contributed by atoms with E-state index in [9.17, 15) is 4.79 Å². The van der Waals surface area contributed by atoms with Crippen LogP contribution in [0.15, 0.2) is 4.42 Å². The molecule has 0 aromatic carbocycles. The lowest BCUT2D eigenvalue weighted by molar-refractivity contribution is 0.0898. The average Bonchev–Trinajstić information content (AvgIpc) is 2.97. The Kier molecular flexibility index (Phi) is 3.52. The normalized spacial score (nSPS) is 18.6. The van der Waals surface area contributed by atoms with Crippen molar-refractivity contribution in [2.24, 2.45) is 5.92 Å². The molecule has 0 bridgehead atoms. The predicted molar refractivity (Wildman–Crippen MR) is 67.6 cm³/mol. The molecule has 6 heteroatoms. The maximum absolute atomic E-state index is 11.8. The van der Waals surface area contributed by atoms with Crippen LogP contribution in [0.3, 0.4) is 0 Å². The van der Waals surface area contributed by atoms with Gasteiger partial charge < -0.3 is 14.5 Å². The van der Waals surface area contributed by atoms with E-state index in [1.165, 1.54) is 12.8 Å². The number of nitrogens with zero attached hydrogens (tertiary/aromatic N) is 2. The highest BCUT2D eigenvalue weighted by atomic mass is 16.5. The quantitative estimate of drug-likeness (QED) is 0.770. The van der Waals surface area contributed by atoms with Gasteiger partial charge in [-0.1, -0.05) is 0 Å². The maximum Gasteiger partial charge on any atom is 0.307 e. The fourth-order valence-corrected chi connectivity index (χ4v) is 2.34. The van der Waals surface area contributed by atoms with E-state index in [-0.39, 0.29) is 11.8 Å². The number of aromatic nitrogens is 1. The third-order valence-electron chi connectivity index (χ3n) is 3.52. The fourth-order valence-electron chi connectivity index (χ4n) is 2.34. The Hall–Kier alpha value is -1.40. The number of rotatable bonds is 6. The number of oxazole rings is 1. The van der Waals surface area contributed by atoms with Crippen molar-refractivity contribution in [3.8, 4) is 0 Å². The molecule has 0 radical (unpaired) electrons. The first-order valence-electron chi connectivity index (χ1n) is 6.74. The van der Waals surface area contributed by atoms with Gasteiger partial charge in [-0.15, -0.1) is 0 Å². The zero-order valence-corrected chi connectivity index (χ0v) is 11.1. The van der Waals surface area contributed by atoms with Crippen LogP contribution >= 0.6 is 0 Å². The van der Waals surface area contributed by atoms with Gasteiger partial charge in [-0.3, -0.25) is 9.69 Å². The van der Waals surface area contributed by atoms with Crippen molar-refractivity contribution in [2.45, 2.75) is 25.9 Å². The molecule has 1 aromatic rings. The van der Waals surface area contributed by atoms with Crippen molar-refractivity contribution in [1.82, 2.24) is 15.2 Å². The van der Waals surface area contributed by atoms with Crippen LogP contribution in [-0.4, -0.2) is 42.6 Å². The van der Waals surface area contributed by atoms with Gasteiger partial charge in [-0.2, -0.15) is 0 Å². The zero-order valence-electron chi connectivity index (χ0n) is 11.1. The number of fused-ring (bicyclic) bond motifs is 1. The largest absolute Gasteiger partial charge is 0.436 e. The summed E-state index contributed by atoms with van der Waals surface area (Å²) in [6, 6.07) is 0. The molecule has 2 heterocycles. The summed E-state index contributed by atoms with van der Waals surface area (Å²) in [5.41, 5.74) is 0.914. The molecule has 0 spiro atoms. The minimum absolute atomic E-state index is 0.173. The van der Waals surface area contributed by atoms with E-state index in [0.717, 1.165) is 37.0 Å². The van der Waals surface area contributed by atoms with Gasteiger partial charge in [0, 0.05) is 26.7 Å². The van der Waals surface area contributed by atoms with E-state index in [4.69, 9.17) is 9.15 Å². The number of carbonyl (C=O) groups is 1. The standard InChI is InChI=1S/C13H19N3O3/c1-18-5-4-14-12(17)13-15-10-7-16(6-9-2-3-9)8-11(10)19-13/h9H,2-8H2,1H3,(H,14,17). The van der Waals surface area contributed by atoms with Crippen LogP contribution in [0.2, 0.25) is 0 Å². The van der Waals surface area contributed by atoms with Gasteiger partial charge >= 0.3 is 5.91 Å². The van der Waals surface area contributed by atoms with E-state index in [1.807, 2.05) is 0 Å². The number of amides is 1. The molecule has 19 heavy (non-hydrogen) atoms. The van der Waals surface area contributed by atoms with E-state index in [0.29, 0.717) is 13.2 Å². The Morgan fingerprint density at radius 3 is 3.05 bits per heavy atom. The Morgan fingerprint density at radius 1 is 1.53 bits per heavy atom. The minimum Gasteiger partial charge on any atom is -0.436 e. The molecule has 1 aliphatic heterocycles. The molecule has 0 saturated heterocycles. The van der Waals surface area contributed by atoms with E-state index in [2.05, 4.69) is 15.2 Å². The van der Waals surface area contributed by atoms with Crippen LogP contribution in [0.5, 0.6) is 0 Å². The van der Waals surface area contributed by atoms with E-state index >= 15 is 0 Å². The van der Waals surface area contributed by atoms with Crippen LogP contribution < -0.4 is 5.32 Å². The SMILES string of the molecule is COCCNC(=O)c1nc2c(o1)CN(CC1CC1)C2. The molecule has 0 unspecified atom stereocenters. The Labute approximate surface area is 112 Å². The number of hydrogen-bond acceptors (Lipinski definition) is 5. The molecular formula is C13H19N3O3. The smallest absolute Gasteiger partial charge is 0.307 e. The van der Waals surface area contributed by atoms with Crippen LogP contribution in [0.1, 0.15) is 35.0 Å². The van der Waals surface area contributed by atoms with Crippen molar-refractivity contribution in [3.63, 3.8) is 0 Å². The lowest BCUT2D eigenvalue weighted by atomic mass is 10.4. The highest BCUT2D eigenvalue weighted by Gasteiger charge is 2.31. The summed E-state index contributed by atoms with van der Waals surface area (Å²) in [6.45, 7) is 3.67. The second-order valence-corrected chi connectivity index (χ2v) is 5.25. The Bertz CT molecular complexity index is 444. The van der Waals surface area contributed by atoms with Gasteiger partial charge in [-0.05, 0) is 18.8 Å². The first kappa shape index (κ1) is 12.6. The zero-order chi connectivity index (χ0) is 13.2. The molecule has 1 N–H and O–H groups in total. The molecule has 1 aromatic heterocycles. The van der Waals surface area contributed by atoms with Crippen molar-refractivity contribution >= 4 is 5.91 Å². The van der Waals surface area contributed by atoms with Crippen LogP contribution in [0, 0.1) is 5.92 Å². The monoisotopic (exact) mass is 265 g/mol. The van der Waals surface area contributed by atoms with Crippen molar-refractivity contribution in [3.05, 3.63) is 17.3 Å². The van der Waals surface area contributed by atoms with Crippen molar-refractivity contribution in [2.75, 3.05) is 26.8 Å². The molecule has 0 atom stereocenters. The molecular weight excluding hydrogens is 246 g/mol. The van der Waals surface area contributed by atoms with Gasteiger partial charge in [0.05, 0.1) is 18.8 Å². The second-order valence-electron chi connectivity index (χ2n) is 5.25. The lowest BCUT2D eigenvalue weighted by Crippen LogP contribution is -2.27. The lowest BCUT2D eigenvalue weighted by Gasteiger charge is -2.12. The highest BCUT2D eigenvalue weighted by molar-refractivity contribution is 5.89. The second kappa shape index (κ2) is 5.30. The molecule has 104 valence electrons. The van der Waals surface area contributed by atoms with E-state index in [1.54, 1.807) is 7.11 Å². The number of ether oxygens (including phenoxy) is 1. The first-order chi connectivity index (χ1) is 9.26. The molecule has 1 fully saturated rings. The Balaban J connectivity index is 1.54. The van der Waals surface area contributed by atoms with Gasteiger partial charge in [0.2, 0.25) is 0 Å². The maximum atomic E-state index is 11.8. The molecule has 2 aliphatic rings. The van der Waals surface area contributed by atoms with Gasteiger partial charge in [0.15, 0.2) is 0 Å². The summed E-state index contributed by atoms with van der Waals surface area (Å²) < 4.78 is 10.4. The summed E-state index contributed by atoms with van der Waals surface area (Å²) >= 11 is 0. The Morgan fingerprint density at radius 2 is 2.37 bits per heavy atom. The third kappa shape index (κ3) is 2.96. The summed E-state index contributed by atoms with van der Waals surface area (Å²) in [7, 11) is 1.60. The van der Waals surface area contributed by atoms with Crippen LogP contribution in [0.4, 0.5) is 0 Å². The van der Waals surface area contributed by atoms with Gasteiger partial charge in [0.25, 0.3) is 5.89 Å². The summed E-state index contributed by atoms with van der Waals surface area (Å²) in [5.74, 6) is 1.62. The first-order valence-corrected chi connectivity index (χ1v) is 6.74. The number of nitrogens with one attached hydrogen (secondary N) is 1. The molecule has 1 aliphatic carbocycles. The highest BCUT2D eigenvalue weighted by Crippen LogP contribution is 2.33. The van der Waals surface area contributed by atoms with Crippen LogP contribution in [-0.2, 0) is 17.8 Å². The van der Waals surface area contributed by atoms with Gasteiger partial charge in [-0.25, -0.2) is 4.98 Å². The molecule has 3 rings (SSSR count). The average molecular weight is 265 g/mol. The van der Waals surface area contributed by atoms with Crippen LogP contribution in [0.25, 0.3) is 0 Å². The third-order valence-corrected chi connectivity index (χ3v) is 3.52. The predicted octanol–water partition coefficient (Wildman–Crippen LogP) is 0.776. The topological polar surface area (TPSA) is 67.6 Å². The molecule has 1 amide bonds.